The Morgan fingerprint density at radius 1 is 1.39 bits per heavy atom. The lowest BCUT2D eigenvalue weighted by atomic mass is 9.99. The number of amides is 2. The SMILES string of the molecule is CCOC(CNC(=O)N1CCCC(C(=O)O)C1)c1ccccc1. The Morgan fingerprint density at radius 2 is 2.13 bits per heavy atom. The van der Waals surface area contributed by atoms with Gasteiger partial charge >= 0.3 is 12.0 Å². The molecule has 1 aromatic rings. The summed E-state index contributed by atoms with van der Waals surface area (Å²) in [6.45, 7) is 3.71. The summed E-state index contributed by atoms with van der Waals surface area (Å²) in [5, 5.41) is 12.0. The first kappa shape index (κ1) is 17.3. The van der Waals surface area contributed by atoms with E-state index >= 15 is 0 Å². The standard InChI is InChI=1S/C17H24N2O4/c1-2-23-15(13-7-4-3-5-8-13)11-18-17(22)19-10-6-9-14(12-19)16(20)21/h3-5,7-8,14-15H,2,6,9-12H2,1H3,(H,18,22)(H,20,21). The van der Waals surface area contributed by atoms with E-state index in [4.69, 9.17) is 9.84 Å². The molecule has 0 bridgehead atoms. The molecule has 1 saturated heterocycles. The van der Waals surface area contributed by atoms with Gasteiger partial charge in [0, 0.05) is 26.2 Å². The van der Waals surface area contributed by atoms with Crippen LogP contribution >= 0.6 is 0 Å². The summed E-state index contributed by atoms with van der Waals surface area (Å²) in [7, 11) is 0. The molecule has 6 heteroatoms. The Balaban J connectivity index is 1.90. The average molecular weight is 320 g/mol. The topological polar surface area (TPSA) is 78.9 Å². The molecular formula is C17H24N2O4. The first-order valence-corrected chi connectivity index (χ1v) is 8.04. The number of hydrogen-bond donors (Lipinski definition) is 2. The lowest BCUT2D eigenvalue weighted by molar-refractivity contribution is -0.143. The fourth-order valence-corrected chi connectivity index (χ4v) is 2.80. The molecule has 6 nitrogen and oxygen atoms in total. The third kappa shape index (κ3) is 4.96. The average Bonchev–Trinajstić information content (AvgIpc) is 2.59. The molecule has 0 spiro atoms. The van der Waals surface area contributed by atoms with Gasteiger partial charge in [0.1, 0.15) is 0 Å². The fraction of sp³-hybridized carbons (Fsp3) is 0.529. The van der Waals surface area contributed by atoms with Gasteiger partial charge in [0.05, 0.1) is 12.0 Å². The van der Waals surface area contributed by atoms with Crippen molar-refractivity contribution in [3.8, 4) is 0 Å². The zero-order valence-corrected chi connectivity index (χ0v) is 13.4. The van der Waals surface area contributed by atoms with Crippen molar-refractivity contribution in [1.82, 2.24) is 10.2 Å². The number of ether oxygens (including phenoxy) is 1. The lowest BCUT2D eigenvalue weighted by Crippen LogP contribution is -2.47. The number of likely N-dealkylation sites (tertiary alicyclic amines) is 1. The molecular weight excluding hydrogens is 296 g/mol. The summed E-state index contributed by atoms with van der Waals surface area (Å²) < 4.78 is 5.70. The first-order chi connectivity index (χ1) is 11.1. The molecule has 126 valence electrons. The minimum Gasteiger partial charge on any atom is -0.481 e. The van der Waals surface area contributed by atoms with Crippen molar-refractivity contribution in [2.45, 2.75) is 25.9 Å². The molecule has 2 N–H and O–H groups in total. The Morgan fingerprint density at radius 3 is 2.78 bits per heavy atom. The second kappa shape index (κ2) is 8.53. The highest BCUT2D eigenvalue weighted by Gasteiger charge is 2.28. The minimum atomic E-state index is -0.834. The molecule has 0 radical (unpaired) electrons. The minimum absolute atomic E-state index is 0.204. The molecule has 1 aliphatic heterocycles. The molecule has 2 atom stereocenters. The van der Waals surface area contributed by atoms with Crippen LogP contribution in [0.1, 0.15) is 31.4 Å². The van der Waals surface area contributed by atoms with Crippen molar-refractivity contribution in [3.63, 3.8) is 0 Å². The Labute approximate surface area is 136 Å². The largest absolute Gasteiger partial charge is 0.481 e. The third-order valence-corrected chi connectivity index (χ3v) is 4.04. The van der Waals surface area contributed by atoms with Gasteiger partial charge in [0.2, 0.25) is 0 Å². The van der Waals surface area contributed by atoms with E-state index in [-0.39, 0.29) is 18.7 Å². The summed E-state index contributed by atoms with van der Waals surface area (Å²) >= 11 is 0. The second-order valence-electron chi connectivity index (χ2n) is 5.66. The highest BCUT2D eigenvalue weighted by molar-refractivity contribution is 5.76. The number of rotatable bonds is 6. The molecule has 1 aromatic carbocycles. The number of aliphatic carboxylic acids is 1. The number of urea groups is 1. The maximum absolute atomic E-state index is 12.3. The van der Waals surface area contributed by atoms with Crippen molar-refractivity contribution in [1.29, 1.82) is 0 Å². The monoisotopic (exact) mass is 320 g/mol. The van der Waals surface area contributed by atoms with Crippen molar-refractivity contribution in [2.75, 3.05) is 26.2 Å². The lowest BCUT2D eigenvalue weighted by Gasteiger charge is -2.31. The molecule has 1 aliphatic rings. The number of carboxylic acids is 1. The van der Waals surface area contributed by atoms with Crippen LogP contribution in [0.2, 0.25) is 0 Å². The van der Waals surface area contributed by atoms with E-state index in [1.54, 1.807) is 4.90 Å². The molecule has 1 fully saturated rings. The third-order valence-electron chi connectivity index (χ3n) is 4.04. The molecule has 1 heterocycles. The number of nitrogens with one attached hydrogen (secondary N) is 1. The van der Waals surface area contributed by atoms with Crippen LogP contribution in [-0.2, 0) is 9.53 Å². The van der Waals surface area contributed by atoms with Gasteiger partial charge in [0.15, 0.2) is 0 Å². The zero-order valence-electron chi connectivity index (χ0n) is 13.4. The molecule has 0 saturated carbocycles. The zero-order chi connectivity index (χ0) is 16.7. The second-order valence-corrected chi connectivity index (χ2v) is 5.66. The molecule has 0 aliphatic carbocycles. The quantitative estimate of drug-likeness (QED) is 0.843. The van der Waals surface area contributed by atoms with Crippen LogP contribution in [-0.4, -0.2) is 48.2 Å². The van der Waals surface area contributed by atoms with Crippen LogP contribution in [0.3, 0.4) is 0 Å². The summed E-state index contributed by atoms with van der Waals surface area (Å²) in [5.74, 6) is -1.30. The molecule has 23 heavy (non-hydrogen) atoms. The van der Waals surface area contributed by atoms with E-state index in [1.807, 2.05) is 37.3 Å². The van der Waals surface area contributed by atoms with E-state index in [0.717, 1.165) is 12.0 Å². The van der Waals surface area contributed by atoms with Crippen LogP contribution < -0.4 is 5.32 Å². The number of carboxylic acid groups (broad SMARTS) is 1. The summed E-state index contributed by atoms with van der Waals surface area (Å²) in [5.41, 5.74) is 1.01. The van der Waals surface area contributed by atoms with Gasteiger partial charge in [-0.1, -0.05) is 30.3 Å². The number of carbonyl (C=O) groups excluding carboxylic acids is 1. The van der Waals surface area contributed by atoms with E-state index in [0.29, 0.717) is 26.1 Å². The van der Waals surface area contributed by atoms with Gasteiger partial charge in [-0.25, -0.2) is 4.79 Å². The maximum atomic E-state index is 12.3. The van der Waals surface area contributed by atoms with E-state index in [1.165, 1.54) is 0 Å². The van der Waals surface area contributed by atoms with Crippen LogP contribution in [0.25, 0.3) is 0 Å². The van der Waals surface area contributed by atoms with Crippen molar-refractivity contribution in [2.24, 2.45) is 5.92 Å². The van der Waals surface area contributed by atoms with Gasteiger partial charge in [-0.15, -0.1) is 0 Å². The molecule has 2 rings (SSSR count). The van der Waals surface area contributed by atoms with Crippen LogP contribution in [0.4, 0.5) is 4.79 Å². The molecule has 2 unspecified atom stereocenters. The number of benzene rings is 1. The Hall–Kier alpha value is -2.08. The first-order valence-electron chi connectivity index (χ1n) is 8.04. The Kier molecular flexibility index (Phi) is 6.40. The highest BCUT2D eigenvalue weighted by atomic mass is 16.5. The predicted octanol–water partition coefficient (Wildman–Crippen LogP) is 2.27. The fourth-order valence-electron chi connectivity index (χ4n) is 2.80. The Bertz CT molecular complexity index is 521. The number of carbonyl (C=O) groups is 2. The van der Waals surface area contributed by atoms with E-state index < -0.39 is 11.9 Å². The van der Waals surface area contributed by atoms with Crippen molar-refractivity contribution < 1.29 is 19.4 Å². The van der Waals surface area contributed by atoms with Gasteiger partial charge in [-0.3, -0.25) is 4.79 Å². The number of nitrogens with zero attached hydrogens (tertiary/aromatic N) is 1. The number of hydrogen-bond acceptors (Lipinski definition) is 3. The van der Waals surface area contributed by atoms with Crippen LogP contribution in [0.5, 0.6) is 0 Å². The summed E-state index contributed by atoms with van der Waals surface area (Å²) in [6, 6.07) is 9.51. The van der Waals surface area contributed by atoms with Crippen LogP contribution in [0.15, 0.2) is 30.3 Å². The normalized spacial score (nSPS) is 19.2. The maximum Gasteiger partial charge on any atom is 0.317 e. The smallest absolute Gasteiger partial charge is 0.317 e. The van der Waals surface area contributed by atoms with Crippen molar-refractivity contribution in [3.05, 3.63) is 35.9 Å². The van der Waals surface area contributed by atoms with Gasteiger partial charge in [-0.2, -0.15) is 0 Å². The summed E-state index contributed by atoms with van der Waals surface area (Å²) in [4.78, 5) is 24.9. The van der Waals surface area contributed by atoms with Crippen molar-refractivity contribution >= 4 is 12.0 Å². The van der Waals surface area contributed by atoms with E-state index in [9.17, 15) is 9.59 Å². The molecule has 0 aromatic heterocycles. The van der Waals surface area contributed by atoms with Crippen LogP contribution in [0, 0.1) is 5.92 Å². The highest BCUT2D eigenvalue weighted by Crippen LogP contribution is 2.18. The molecule has 2 amide bonds. The van der Waals surface area contributed by atoms with Gasteiger partial charge < -0.3 is 20.1 Å². The summed E-state index contributed by atoms with van der Waals surface area (Å²) in [6.07, 6.45) is 1.15. The number of piperidine rings is 1. The van der Waals surface area contributed by atoms with Gasteiger partial charge in [-0.05, 0) is 25.3 Å². The predicted molar refractivity (Wildman–Crippen MR) is 86.1 cm³/mol. The van der Waals surface area contributed by atoms with Gasteiger partial charge in [0.25, 0.3) is 0 Å². The van der Waals surface area contributed by atoms with E-state index in [2.05, 4.69) is 5.32 Å².